The Hall–Kier alpha value is -2.67. The van der Waals surface area contributed by atoms with Crippen LogP contribution in [0, 0.1) is 0 Å². The van der Waals surface area contributed by atoms with Gasteiger partial charge in [0.1, 0.15) is 0 Å². The first-order valence-corrected chi connectivity index (χ1v) is 7.43. The van der Waals surface area contributed by atoms with E-state index in [0.29, 0.717) is 0 Å². The molecule has 0 saturated heterocycles. The number of Topliss-reactive ketones (excluding diaryl/α,β-unsaturated/α-hetero) is 1. The number of hydrogen-bond donors (Lipinski definition) is 0. The van der Waals surface area contributed by atoms with E-state index in [1.165, 1.54) is 0 Å². The molecule has 0 radical (unpaired) electrons. The third kappa shape index (κ3) is 2.71. The molecule has 0 unspecified atom stereocenters. The number of benzene rings is 2. The van der Waals surface area contributed by atoms with Gasteiger partial charge < -0.3 is 0 Å². The number of allylic oxidation sites excluding steroid dienone is 5. The van der Waals surface area contributed by atoms with E-state index in [1.54, 1.807) is 0 Å². The molecule has 2 aromatic rings. The van der Waals surface area contributed by atoms with E-state index < -0.39 is 0 Å². The quantitative estimate of drug-likeness (QED) is 0.762. The summed E-state index contributed by atoms with van der Waals surface area (Å²) in [5.74, 6) is 0.129. The van der Waals surface area contributed by atoms with Gasteiger partial charge in [-0.3, -0.25) is 4.79 Å². The second kappa shape index (κ2) is 5.98. The summed E-state index contributed by atoms with van der Waals surface area (Å²) < 4.78 is 0. The first-order valence-electron chi connectivity index (χ1n) is 7.43. The first-order chi connectivity index (χ1) is 10.7. The summed E-state index contributed by atoms with van der Waals surface area (Å²) in [6.07, 6.45) is 3.98. The maximum Gasteiger partial charge on any atom is 0.184 e. The van der Waals surface area contributed by atoms with Crippen LogP contribution in [0.1, 0.15) is 25.0 Å². The molecule has 22 heavy (non-hydrogen) atoms. The molecule has 1 aliphatic carbocycles. The van der Waals surface area contributed by atoms with Crippen LogP contribution in [-0.2, 0) is 4.79 Å². The molecule has 0 N–H and O–H groups in total. The largest absolute Gasteiger partial charge is 0.289 e. The highest BCUT2D eigenvalue weighted by molar-refractivity contribution is 6.10. The Morgan fingerprint density at radius 2 is 1.09 bits per heavy atom. The van der Waals surface area contributed by atoms with Crippen molar-refractivity contribution >= 4 is 11.4 Å². The Morgan fingerprint density at radius 3 is 1.50 bits per heavy atom. The molecule has 1 aliphatic rings. The minimum atomic E-state index is 0.129. The highest BCUT2D eigenvalue weighted by Gasteiger charge is 2.17. The average Bonchev–Trinajstić information content (AvgIpc) is 2.55. The molecule has 1 heteroatoms. The summed E-state index contributed by atoms with van der Waals surface area (Å²) in [5, 5.41) is 0. The third-order valence-electron chi connectivity index (χ3n) is 3.87. The fourth-order valence-corrected chi connectivity index (χ4v) is 2.80. The van der Waals surface area contributed by atoms with Crippen molar-refractivity contribution in [2.75, 3.05) is 0 Å². The van der Waals surface area contributed by atoms with Gasteiger partial charge in [0.05, 0.1) is 0 Å². The van der Waals surface area contributed by atoms with Crippen LogP contribution in [0.25, 0.3) is 5.57 Å². The minimum Gasteiger partial charge on any atom is -0.289 e. The molecule has 0 spiro atoms. The van der Waals surface area contributed by atoms with Crippen LogP contribution < -0.4 is 0 Å². The lowest BCUT2D eigenvalue weighted by Gasteiger charge is -2.16. The van der Waals surface area contributed by atoms with Crippen molar-refractivity contribution in [3.05, 3.63) is 101 Å². The van der Waals surface area contributed by atoms with Crippen molar-refractivity contribution in [3.63, 3.8) is 0 Å². The van der Waals surface area contributed by atoms with E-state index in [4.69, 9.17) is 0 Å². The number of hydrogen-bond acceptors (Lipinski definition) is 1. The van der Waals surface area contributed by atoms with E-state index >= 15 is 0 Å². The second-order valence-corrected chi connectivity index (χ2v) is 5.55. The molecule has 108 valence electrons. The zero-order valence-corrected chi connectivity index (χ0v) is 12.8. The molecule has 0 fully saturated rings. The second-order valence-electron chi connectivity index (χ2n) is 5.55. The highest BCUT2D eigenvalue weighted by atomic mass is 16.1. The number of carbonyl (C=O) groups excluding carboxylic acids is 1. The van der Waals surface area contributed by atoms with Crippen LogP contribution in [0.15, 0.2) is 89.5 Å². The summed E-state index contributed by atoms with van der Waals surface area (Å²) in [4.78, 5) is 12.0. The lowest BCUT2D eigenvalue weighted by atomic mass is 9.87. The molecule has 0 aliphatic heterocycles. The number of carbonyl (C=O) groups is 1. The van der Waals surface area contributed by atoms with Gasteiger partial charge in [-0.05, 0) is 59.4 Å². The van der Waals surface area contributed by atoms with Crippen LogP contribution >= 0.6 is 0 Å². The maximum atomic E-state index is 12.0. The average molecular weight is 286 g/mol. The van der Waals surface area contributed by atoms with Gasteiger partial charge in [0.2, 0.25) is 0 Å². The standard InChI is InChI=1S/C21H18O/c1-15-13-19(14-16(2)21(15)22)20(17-9-5-3-6-10-17)18-11-7-4-8-12-18/h3-14H,1-2H3. The van der Waals surface area contributed by atoms with Crippen molar-refractivity contribution in [1.82, 2.24) is 0 Å². The maximum absolute atomic E-state index is 12.0. The molecular formula is C21H18O. The van der Waals surface area contributed by atoms with Crippen LogP contribution in [0.2, 0.25) is 0 Å². The summed E-state index contributed by atoms with van der Waals surface area (Å²) in [6.45, 7) is 3.76. The van der Waals surface area contributed by atoms with E-state index in [-0.39, 0.29) is 5.78 Å². The van der Waals surface area contributed by atoms with E-state index in [1.807, 2.05) is 62.4 Å². The normalized spacial score (nSPS) is 14.5. The van der Waals surface area contributed by atoms with Gasteiger partial charge in [-0.15, -0.1) is 0 Å². The fraction of sp³-hybridized carbons (Fsp3) is 0.0952. The molecule has 0 atom stereocenters. The number of rotatable bonds is 2. The van der Waals surface area contributed by atoms with Gasteiger partial charge in [0.15, 0.2) is 5.78 Å². The summed E-state index contributed by atoms with van der Waals surface area (Å²) in [5.41, 5.74) is 6.15. The molecule has 2 aromatic carbocycles. The zero-order valence-electron chi connectivity index (χ0n) is 12.8. The lowest BCUT2D eigenvalue weighted by molar-refractivity contribution is -0.112. The number of ketones is 1. The van der Waals surface area contributed by atoms with E-state index in [2.05, 4.69) is 24.3 Å². The van der Waals surface area contributed by atoms with Gasteiger partial charge in [0.25, 0.3) is 0 Å². The molecule has 3 rings (SSSR count). The van der Waals surface area contributed by atoms with Crippen molar-refractivity contribution in [2.24, 2.45) is 0 Å². The molecular weight excluding hydrogens is 268 g/mol. The molecule has 0 heterocycles. The highest BCUT2D eigenvalue weighted by Crippen LogP contribution is 2.31. The summed E-state index contributed by atoms with van der Waals surface area (Å²) >= 11 is 0. The Bertz CT molecular complexity index is 725. The Kier molecular flexibility index (Phi) is 3.88. The Morgan fingerprint density at radius 1 is 0.682 bits per heavy atom. The van der Waals surface area contributed by atoms with E-state index in [9.17, 15) is 4.79 Å². The molecule has 0 saturated carbocycles. The third-order valence-corrected chi connectivity index (χ3v) is 3.87. The van der Waals surface area contributed by atoms with Crippen LogP contribution in [0.4, 0.5) is 0 Å². The minimum absolute atomic E-state index is 0.129. The van der Waals surface area contributed by atoms with Crippen molar-refractivity contribution < 1.29 is 4.79 Å². The fourth-order valence-electron chi connectivity index (χ4n) is 2.80. The van der Waals surface area contributed by atoms with E-state index in [0.717, 1.165) is 33.4 Å². The zero-order chi connectivity index (χ0) is 15.5. The topological polar surface area (TPSA) is 17.1 Å². The first kappa shape index (κ1) is 14.3. The predicted molar refractivity (Wildman–Crippen MR) is 91.4 cm³/mol. The predicted octanol–water partition coefficient (Wildman–Crippen LogP) is 4.96. The van der Waals surface area contributed by atoms with Gasteiger partial charge in [-0.25, -0.2) is 0 Å². The van der Waals surface area contributed by atoms with Crippen molar-refractivity contribution in [2.45, 2.75) is 13.8 Å². The van der Waals surface area contributed by atoms with Crippen molar-refractivity contribution in [3.8, 4) is 0 Å². The van der Waals surface area contributed by atoms with Gasteiger partial charge in [-0.2, -0.15) is 0 Å². The van der Waals surface area contributed by atoms with Crippen molar-refractivity contribution in [1.29, 1.82) is 0 Å². The molecule has 0 amide bonds. The molecule has 0 bridgehead atoms. The monoisotopic (exact) mass is 286 g/mol. The molecule has 1 nitrogen and oxygen atoms in total. The van der Waals surface area contributed by atoms with Gasteiger partial charge in [0, 0.05) is 0 Å². The summed E-state index contributed by atoms with van der Waals surface area (Å²) in [7, 11) is 0. The van der Waals surface area contributed by atoms with Gasteiger partial charge >= 0.3 is 0 Å². The smallest absolute Gasteiger partial charge is 0.184 e. The SMILES string of the molecule is CC1=CC(=C(c2ccccc2)c2ccccc2)C=C(C)C1=O. The Balaban J connectivity index is 2.27. The lowest BCUT2D eigenvalue weighted by Crippen LogP contribution is -2.07. The Labute approximate surface area is 131 Å². The van der Waals surface area contributed by atoms with Crippen LogP contribution in [0.5, 0.6) is 0 Å². The molecule has 0 aromatic heterocycles. The van der Waals surface area contributed by atoms with Gasteiger partial charge in [-0.1, -0.05) is 60.7 Å². The summed E-state index contributed by atoms with van der Waals surface area (Å²) in [6, 6.07) is 20.6. The van der Waals surface area contributed by atoms with Crippen LogP contribution in [-0.4, -0.2) is 5.78 Å². The van der Waals surface area contributed by atoms with Crippen LogP contribution in [0.3, 0.4) is 0 Å².